The van der Waals surface area contributed by atoms with Gasteiger partial charge < -0.3 is 14.6 Å². The zero-order chi connectivity index (χ0) is 19.3. The first kappa shape index (κ1) is 17.1. The third kappa shape index (κ3) is 2.80. The Labute approximate surface area is 164 Å². The van der Waals surface area contributed by atoms with Gasteiger partial charge in [-0.2, -0.15) is 4.37 Å². The van der Waals surface area contributed by atoms with Crippen LogP contribution in [0.2, 0.25) is 0 Å². The average molecular weight is 395 g/mol. The Bertz CT molecular complexity index is 1210. The number of aromatic nitrogens is 3. The molecule has 1 fully saturated rings. The van der Waals surface area contributed by atoms with Crippen LogP contribution in [-0.4, -0.2) is 32.8 Å². The molecule has 1 aromatic carbocycles. The van der Waals surface area contributed by atoms with Gasteiger partial charge >= 0.3 is 0 Å². The number of pyridine rings is 1. The number of fused-ring (bicyclic) bond motifs is 2. The fourth-order valence-corrected chi connectivity index (χ4v) is 4.50. The molecule has 1 aliphatic heterocycles. The van der Waals surface area contributed by atoms with Crippen molar-refractivity contribution in [2.45, 2.75) is 19.8 Å². The molecule has 0 aliphatic carbocycles. The van der Waals surface area contributed by atoms with Crippen LogP contribution >= 0.6 is 11.5 Å². The molecule has 1 N–H and O–H groups in total. The highest BCUT2D eigenvalue weighted by Gasteiger charge is 2.20. The quantitative estimate of drug-likeness (QED) is 0.563. The summed E-state index contributed by atoms with van der Waals surface area (Å²) in [4.78, 5) is 19.4. The van der Waals surface area contributed by atoms with E-state index < -0.39 is 5.82 Å². The maximum atomic E-state index is 14.3. The van der Waals surface area contributed by atoms with Gasteiger partial charge in [-0.15, -0.1) is 0 Å². The molecule has 0 saturated carbocycles. The van der Waals surface area contributed by atoms with Crippen LogP contribution in [-0.2, 0) is 0 Å². The standard InChI is InChI=1S/C20H18FN5OS/c1-12-9-26-10-13(8-16(21)19(26)22-12)23-20(27)14-4-5-17(25-6-2-3-7-25)15-11-28-24-18(14)15/h4-5,8-11H,2-3,6-7H2,1H3,(H,23,27). The molecule has 3 aromatic heterocycles. The van der Waals surface area contributed by atoms with Gasteiger partial charge in [0.15, 0.2) is 11.5 Å². The Kier molecular flexibility index (Phi) is 4.01. The Hall–Kier alpha value is -3.00. The number of aryl methyl sites for hydroxylation is 1. The molecule has 8 heteroatoms. The van der Waals surface area contributed by atoms with Crippen molar-refractivity contribution in [3.05, 3.63) is 53.0 Å². The van der Waals surface area contributed by atoms with Gasteiger partial charge in [0, 0.05) is 48.0 Å². The number of nitrogens with zero attached hydrogens (tertiary/aromatic N) is 4. The lowest BCUT2D eigenvalue weighted by Crippen LogP contribution is -2.19. The van der Waals surface area contributed by atoms with E-state index >= 15 is 0 Å². The van der Waals surface area contributed by atoms with Crippen LogP contribution in [0.1, 0.15) is 28.9 Å². The summed E-state index contributed by atoms with van der Waals surface area (Å²) in [5, 5.41) is 5.77. The van der Waals surface area contributed by atoms with Gasteiger partial charge in [-0.3, -0.25) is 4.79 Å². The summed E-state index contributed by atoms with van der Waals surface area (Å²) in [7, 11) is 0. The number of carbonyl (C=O) groups excluding carboxylic acids is 1. The molecule has 4 heterocycles. The number of hydrogen-bond donors (Lipinski definition) is 1. The lowest BCUT2D eigenvalue weighted by molar-refractivity contribution is 0.102. The Morgan fingerprint density at radius 2 is 2.07 bits per heavy atom. The van der Waals surface area contributed by atoms with E-state index in [4.69, 9.17) is 0 Å². The number of imidazole rings is 1. The van der Waals surface area contributed by atoms with E-state index in [1.54, 1.807) is 29.8 Å². The second-order valence-corrected chi connectivity index (χ2v) is 7.68. The zero-order valence-electron chi connectivity index (χ0n) is 15.3. The van der Waals surface area contributed by atoms with Crippen LogP contribution in [0.15, 0.2) is 36.0 Å². The van der Waals surface area contributed by atoms with Gasteiger partial charge in [-0.05, 0) is 43.4 Å². The molecule has 0 radical (unpaired) electrons. The summed E-state index contributed by atoms with van der Waals surface area (Å²) in [6.07, 6.45) is 5.75. The minimum absolute atomic E-state index is 0.243. The number of anilines is 2. The van der Waals surface area contributed by atoms with E-state index in [0.717, 1.165) is 24.2 Å². The number of halogens is 1. The van der Waals surface area contributed by atoms with Gasteiger partial charge in [0.05, 0.1) is 22.5 Å². The van der Waals surface area contributed by atoms with E-state index in [1.807, 2.05) is 11.4 Å². The van der Waals surface area contributed by atoms with Crippen molar-refractivity contribution in [2.75, 3.05) is 23.3 Å². The number of rotatable bonds is 3. The first-order valence-electron chi connectivity index (χ1n) is 9.18. The lowest BCUT2D eigenvalue weighted by Gasteiger charge is -2.19. The third-order valence-electron chi connectivity index (χ3n) is 5.08. The summed E-state index contributed by atoms with van der Waals surface area (Å²) in [6, 6.07) is 5.08. The molecule has 0 bridgehead atoms. The fourth-order valence-electron chi connectivity index (χ4n) is 3.81. The molecule has 1 saturated heterocycles. The molecule has 28 heavy (non-hydrogen) atoms. The fraction of sp³-hybridized carbons (Fsp3) is 0.250. The summed E-state index contributed by atoms with van der Waals surface area (Å²) in [5.74, 6) is -0.784. The molecule has 0 unspecified atom stereocenters. The van der Waals surface area contributed by atoms with Gasteiger partial charge in [-0.1, -0.05) is 0 Å². The zero-order valence-corrected chi connectivity index (χ0v) is 16.1. The molecule has 1 aliphatic rings. The molecule has 5 rings (SSSR count). The first-order valence-corrected chi connectivity index (χ1v) is 10.0. The number of hydrogen-bond acceptors (Lipinski definition) is 5. The second kappa shape index (κ2) is 6.56. The minimum atomic E-state index is -0.478. The monoisotopic (exact) mass is 395 g/mol. The van der Waals surface area contributed by atoms with Crippen molar-refractivity contribution in [2.24, 2.45) is 0 Å². The molecule has 0 atom stereocenters. The van der Waals surface area contributed by atoms with Gasteiger partial charge in [0.2, 0.25) is 0 Å². The topological polar surface area (TPSA) is 62.5 Å². The highest BCUT2D eigenvalue weighted by Crippen LogP contribution is 2.32. The van der Waals surface area contributed by atoms with E-state index in [2.05, 4.69) is 19.6 Å². The lowest BCUT2D eigenvalue weighted by atomic mass is 10.1. The SMILES string of the molecule is Cc1cn2cc(NC(=O)c3ccc(N4CCCC4)c4csnc34)cc(F)c2n1. The molecule has 6 nitrogen and oxygen atoms in total. The number of benzene rings is 1. The Morgan fingerprint density at radius 3 is 2.89 bits per heavy atom. The smallest absolute Gasteiger partial charge is 0.257 e. The van der Waals surface area contributed by atoms with E-state index in [9.17, 15) is 9.18 Å². The van der Waals surface area contributed by atoms with Crippen molar-refractivity contribution in [3.8, 4) is 0 Å². The molecule has 0 spiro atoms. The van der Waals surface area contributed by atoms with Crippen LogP contribution in [0.5, 0.6) is 0 Å². The minimum Gasteiger partial charge on any atom is -0.371 e. The number of nitrogens with one attached hydrogen (secondary N) is 1. The first-order chi connectivity index (χ1) is 13.6. The van der Waals surface area contributed by atoms with Crippen molar-refractivity contribution in [1.82, 2.24) is 13.8 Å². The second-order valence-electron chi connectivity index (χ2n) is 7.05. The third-order valence-corrected chi connectivity index (χ3v) is 5.71. The summed E-state index contributed by atoms with van der Waals surface area (Å²) in [6.45, 7) is 3.85. The van der Waals surface area contributed by atoms with E-state index in [0.29, 0.717) is 22.5 Å². The Balaban J connectivity index is 1.49. The predicted octanol–water partition coefficient (Wildman–Crippen LogP) is 4.24. The van der Waals surface area contributed by atoms with Crippen LogP contribution in [0, 0.1) is 12.7 Å². The van der Waals surface area contributed by atoms with Crippen molar-refractivity contribution >= 4 is 45.4 Å². The van der Waals surface area contributed by atoms with Crippen LogP contribution in [0.25, 0.3) is 16.6 Å². The summed E-state index contributed by atoms with van der Waals surface area (Å²) in [5.41, 5.74) is 3.63. The highest BCUT2D eigenvalue weighted by molar-refractivity contribution is 7.05. The largest absolute Gasteiger partial charge is 0.371 e. The summed E-state index contributed by atoms with van der Waals surface area (Å²) < 4.78 is 20.3. The number of amides is 1. The molecule has 1 amide bonds. The predicted molar refractivity (Wildman–Crippen MR) is 109 cm³/mol. The maximum Gasteiger partial charge on any atom is 0.257 e. The van der Waals surface area contributed by atoms with Gasteiger partial charge in [-0.25, -0.2) is 9.37 Å². The summed E-state index contributed by atoms with van der Waals surface area (Å²) >= 11 is 1.34. The van der Waals surface area contributed by atoms with Crippen molar-refractivity contribution < 1.29 is 9.18 Å². The van der Waals surface area contributed by atoms with Crippen molar-refractivity contribution in [3.63, 3.8) is 0 Å². The maximum absolute atomic E-state index is 14.3. The normalized spacial score (nSPS) is 14.3. The van der Waals surface area contributed by atoms with Gasteiger partial charge in [0.1, 0.15) is 0 Å². The van der Waals surface area contributed by atoms with E-state index in [-0.39, 0.29) is 11.6 Å². The number of carbonyl (C=O) groups is 1. The van der Waals surface area contributed by atoms with Crippen LogP contribution < -0.4 is 10.2 Å². The van der Waals surface area contributed by atoms with Crippen LogP contribution in [0.3, 0.4) is 0 Å². The highest BCUT2D eigenvalue weighted by atomic mass is 32.1. The van der Waals surface area contributed by atoms with Crippen LogP contribution in [0.4, 0.5) is 15.8 Å². The average Bonchev–Trinajstić information content (AvgIpc) is 3.41. The van der Waals surface area contributed by atoms with E-state index in [1.165, 1.54) is 30.4 Å². The molecular formula is C20H18FN5OS. The molecular weight excluding hydrogens is 377 g/mol. The molecule has 142 valence electrons. The Morgan fingerprint density at radius 1 is 1.25 bits per heavy atom. The van der Waals surface area contributed by atoms with Crippen molar-refractivity contribution in [1.29, 1.82) is 0 Å². The molecule has 4 aromatic rings. The van der Waals surface area contributed by atoms with Gasteiger partial charge in [0.25, 0.3) is 5.91 Å².